The largest absolute Gasteiger partial charge is 0.477 e. The highest BCUT2D eigenvalue weighted by Crippen LogP contribution is 2.32. The van der Waals surface area contributed by atoms with Gasteiger partial charge in [-0.05, 0) is 34.0 Å². The predicted molar refractivity (Wildman–Crippen MR) is 113 cm³/mol. The summed E-state index contributed by atoms with van der Waals surface area (Å²) < 4.78 is 1.89. The molecule has 2 aromatic carbocycles. The van der Waals surface area contributed by atoms with Crippen LogP contribution in [0.3, 0.4) is 0 Å². The highest BCUT2D eigenvalue weighted by Gasteiger charge is 2.19. The topological polar surface area (TPSA) is 110 Å². The van der Waals surface area contributed by atoms with E-state index >= 15 is 0 Å². The lowest BCUT2D eigenvalue weighted by atomic mass is 9.98. The Labute approximate surface area is 174 Å². The number of carbonyl (C=O) groups is 1. The molecule has 3 heterocycles. The Bertz CT molecular complexity index is 1350. The zero-order valence-corrected chi connectivity index (χ0v) is 16.7. The average Bonchev–Trinajstić information content (AvgIpc) is 3.49. The molecule has 0 spiro atoms. The van der Waals surface area contributed by atoms with Crippen LogP contribution in [0.25, 0.3) is 33.5 Å². The molecule has 0 saturated heterocycles. The third-order valence-electron chi connectivity index (χ3n) is 4.98. The van der Waals surface area contributed by atoms with Gasteiger partial charge >= 0.3 is 5.97 Å². The van der Waals surface area contributed by atoms with E-state index in [4.69, 9.17) is 0 Å². The normalized spacial score (nSPS) is 11.2. The summed E-state index contributed by atoms with van der Waals surface area (Å²) in [7, 11) is 0. The van der Waals surface area contributed by atoms with Gasteiger partial charge in [0.05, 0.1) is 11.8 Å². The lowest BCUT2D eigenvalue weighted by Gasteiger charge is -2.09. The molecule has 2 N–H and O–H groups in total. The quantitative estimate of drug-likeness (QED) is 0.448. The van der Waals surface area contributed by atoms with E-state index < -0.39 is 5.97 Å². The second kappa shape index (κ2) is 7.20. The minimum Gasteiger partial charge on any atom is -0.477 e. The van der Waals surface area contributed by atoms with Gasteiger partial charge in [0.1, 0.15) is 10.4 Å². The number of tetrazole rings is 1. The fourth-order valence-corrected chi connectivity index (χ4v) is 4.54. The summed E-state index contributed by atoms with van der Waals surface area (Å²) in [5.41, 5.74) is 5.47. The third-order valence-corrected chi connectivity index (χ3v) is 6.05. The Morgan fingerprint density at radius 2 is 1.90 bits per heavy atom. The van der Waals surface area contributed by atoms with E-state index in [1.165, 1.54) is 11.3 Å². The van der Waals surface area contributed by atoms with Crippen molar-refractivity contribution >= 4 is 28.3 Å². The zero-order valence-electron chi connectivity index (χ0n) is 15.9. The van der Waals surface area contributed by atoms with Crippen LogP contribution in [0.15, 0.2) is 54.9 Å². The van der Waals surface area contributed by atoms with Gasteiger partial charge in [0.2, 0.25) is 0 Å². The maximum Gasteiger partial charge on any atom is 0.348 e. The number of thiophene rings is 1. The van der Waals surface area contributed by atoms with Crippen LogP contribution in [0.5, 0.6) is 0 Å². The molecule has 5 aromatic rings. The van der Waals surface area contributed by atoms with Crippen molar-refractivity contribution in [2.75, 3.05) is 0 Å². The van der Waals surface area contributed by atoms with E-state index in [0.717, 1.165) is 32.6 Å². The maximum absolute atomic E-state index is 11.6. The van der Waals surface area contributed by atoms with Gasteiger partial charge in [0, 0.05) is 17.0 Å². The molecule has 0 aliphatic carbocycles. The molecule has 0 unspecified atom stereocenters. The molecule has 0 atom stereocenters. The monoisotopic (exact) mass is 416 g/mol. The van der Waals surface area contributed by atoms with Crippen molar-refractivity contribution in [1.82, 2.24) is 30.2 Å². The summed E-state index contributed by atoms with van der Waals surface area (Å²) in [5.74, 6) is -0.307. The fraction of sp³-hybridized carbons (Fsp3) is 0.0952. The Morgan fingerprint density at radius 1 is 1.13 bits per heavy atom. The summed E-state index contributed by atoms with van der Waals surface area (Å²) >= 11 is 1.27. The highest BCUT2D eigenvalue weighted by molar-refractivity contribution is 7.15. The summed E-state index contributed by atoms with van der Waals surface area (Å²) in [4.78, 5) is 17.3. The van der Waals surface area contributed by atoms with Gasteiger partial charge in [-0.3, -0.25) is 0 Å². The number of aromatic amines is 1. The third kappa shape index (κ3) is 3.05. The fourth-order valence-electron chi connectivity index (χ4n) is 3.59. The number of hydrogen-bond donors (Lipinski definition) is 2. The molecule has 9 heteroatoms. The molecule has 0 radical (unpaired) electrons. The molecular formula is C21H16N6O2S. The second-order valence-electron chi connectivity index (χ2n) is 6.85. The number of fused-ring (bicyclic) bond motifs is 1. The van der Waals surface area contributed by atoms with Crippen molar-refractivity contribution in [3.05, 3.63) is 70.2 Å². The number of nitrogens with one attached hydrogen (secondary N) is 1. The van der Waals surface area contributed by atoms with E-state index in [1.807, 2.05) is 60.0 Å². The average molecular weight is 416 g/mol. The highest BCUT2D eigenvalue weighted by atomic mass is 32.1. The molecule has 148 valence electrons. The Hall–Kier alpha value is -3.85. The van der Waals surface area contributed by atoms with Crippen LogP contribution >= 0.6 is 11.3 Å². The van der Waals surface area contributed by atoms with Crippen LogP contribution in [0.1, 0.15) is 20.1 Å². The second-order valence-corrected chi connectivity index (χ2v) is 8.08. The van der Waals surface area contributed by atoms with E-state index in [1.54, 1.807) is 6.33 Å². The van der Waals surface area contributed by atoms with Gasteiger partial charge in [-0.2, -0.15) is 0 Å². The number of H-pyrrole nitrogens is 1. The predicted octanol–water partition coefficient (Wildman–Crippen LogP) is 4.00. The van der Waals surface area contributed by atoms with E-state index in [0.29, 0.717) is 22.8 Å². The summed E-state index contributed by atoms with van der Waals surface area (Å²) in [6.07, 6.45) is 1.71. The first-order valence-corrected chi connectivity index (χ1v) is 10.0. The number of nitrogens with zero attached hydrogens (tertiary/aromatic N) is 5. The van der Waals surface area contributed by atoms with Gasteiger partial charge in [-0.25, -0.2) is 14.9 Å². The molecule has 0 amide bonds. The van der Waals surface area contributed by atoms with Crippen LogP contribution in [-0.4, -0.2) is 41.3 Å². The number of carboxylic acid groups (broad SMARTS) is 1. The SMILES string of the molecule is Cc1sc(C(=O)O)c2c1ncn2Cc1ccc(-c2ccccc2-c2nnn[nH]2)cc1. The smallest absolute Gasteiger partial charge is 0.348 e. The lowest BCUT2D eigenvalue weighted by molar-refractivity contribution is 0.0703. The molecule has 0 aliphatic rings. The lowest BCUT2D eigenvalue weighted by Crippen LogP contribution is -2.01. The molecule has 3 aromatic heterocycles. The van der Waals surface area contributed by atoms with Crippen LogP contribution < -0.4 is 0 Å². The van der Waals surface area contributed by atoms with Gasteiger partial charge < -0.3 is 9.67 Å². The van der Waals surface area contributed by atoms with Gasteiger partial charge in [-0.15, -0.1) is 16.4 Å². The van der Waals surface area contributed by atoms with Crippen molar-refractivity contribution in [2.24, 2.45) is 0 Å². The minimum atomic E-state index is -0.922. The van der Waals surface area contributed by atoms with Gasteiger partial charge in [-0.1, -0.05) is 48.5 Å². The number of benzene rings is 2. The number of imidazole rings is 1. The first-order chi connectivity index (χ1) is 14.6. The van der Waals surface area contributed by atoms with Gasteiger partial charge in [0.25, 0.3) is 0 Å². The molecule has 0 bridgehead atoms. The summed E-state index contributed by atoms with van der Waals surface area (Å²) in [5, 5.41) is 23.7. The van der Waals surface area contributed by atoms with Crippen molar-refractivity contribution in [3.63, 3.8) is 0 Å². The van der Waals surface area contributed by atoms with Crippen LogP contribution in [0.4, 0.5) is 0 Å². The van der Waals surface area contributed by atoms with Gasteiger partial charge in [0.15, 0.2) is 5.82 Å². The van der Waals surface area contributed by atoms with Crippen LogP contribution in [0, 0.1) is 6.92 Å². The number of rotatable bonds is 5. The van der Waals surface area contributed by atoms with Crippen molar-refractivity contribution in [3.8, 4) is 22.5 Å². The van der Waals surface area contributed by atoms with E-state index in [2.05, 4.69) is 25.6 Å². The number of carboxylic acids is 1. The number of aromatic nitrogens is 6. The molecule has 5 rings (SSSR count). The van der Waals surface area contributed by atoms with Crippen molar-refractivity contribution < 1.29 is 9.90 Å². The standard InChI is InChI=1S/C21H16N6O2S/c1-12-17-18(19(30-12)21(28)29)27(11-22-17)10-13-6-8-14(9-7-13)15-4-2-3-5-16(15)20-23-25-26-24-20/h2-9,11H,10H2,1H3,(H,28,29)(H,23,24,25,26). The Morgan fingerprint density at radius 3 is 2.60 bits per heavy atom. The van der Waals surface area contributed by atoms with E-state index in [9.17, 15) is 9.90 Å². The van der Waals surface area contributed by atoms with Crippen molar-refractivity contribution in [2.45, 2.75) is 13.5 Å². The van der Waals surface area contributed by atoms with Crippen molar-refractivity contribution in [1.29, 1.82) is 0 Å². The zero-order chi connectivity index (χ0) is 20.7. The molecule has 0 fully saturated rings. The summed E-state index contributed by atoms with van der Waals surface area (Å²) in [6, 6.07) is 16.1. The molecule has 0 saturated carbocycles. The number of aromatic carboxylic acids is 1. The molecule has 30 heavy (non-hydrogen) atoms. The maximum atomic E-state index is 11.6. The number of aryl methyl sites for hydroxylation is 1. The van der Waals surface area contributed by atoms with E-state index in [-0.39, 0.29) is 0 Å². The molecule has 0 aliphatic heterocycles. The Balaban J connectivity index is 1.48. The molecular weight excluding hydrogens is 400 g/mol. The summed E-state index contributed by atoms with van der Waals surface area (Å²) in [6.45, 7) is 2.44. The number of hydrogen-bond acceptors (Lipinski definition) is 6. The first kappa shape index (κ1) is 18.2. The van der Waals surface area contributed by atoms with Crippen LogP contribution in [0.2, 0.25) is 0 Å². The van der Waals surface area contributed by atoms with Crippen LogP contribution in [-0.2, 0) is 6.54 Å². The minimum absolute atomic E-state index is 0.325. The first-order valence-electron chi connectivity index (χ1n) is 9.22. The molecule has 8 nitrogen and oxygen atoms in total. The Kier molecular flexibility index (Phi) is 4.36.